The van der Waals surface area contributed by atoms with Crippen LogP contribution in [-0.4, -0.2) is 139 Å². The van der Waals surface area contributed by atoms with E-state index in [0.717, 1.165) is 128 Å². The first-order valence-corrected chi connectivity index (χ1v) is 48.7. The molecule has 28 heteroatoms. The highest BCUT2D eigenvalue weighted by Gasteiger charge is 2.28. The van der Waals surface area contributed by atoms with Crippen LogP contribution in [0.4, 0.5) is 0 Å². The molecule has 0 amide bonds. The Balaban J connectivity index is 1.11. The summed E-state index contributed by atoms with van der Waals surface area (Å²) in [4.78, 5) is 135. The van der Waals surface area contributed by atoms with Gasteiger partial charge >= 0.3 is 59.7 Å². The minimum Gasteiger partial charge on any atom is -0.502 e. The van der Waals surface area contributed by atoms with Crippen LogP contribution in [0.25, 0.3) is 11.1 Å². The molecule has 0 heterocycles. The van der Waals surface area contributed by atoms with Crippen molar-refractivity contribution in [3.63, 3.8) is 0 Å². The van der Waals surface area contributed by atoms with Crippen molar-refractivity contribution in [3.8, 4) is 80.1 Å². The fourth-order valence-corrected chi connectivity index (χ4v) is 13.8. The van der Waals surface area contributed by atoms with Crippen molar-refractivity contribution in [1.29, 1.82) is 0 Å². The molecule has 8 aromatic rings. The maximum atomic E-state index is 15.4. The lowest BCUT2D eigenvalue weighted by Crippen LogP contribution is -2.16. The highest BCUT2D eigenvalue weighted by Crippen LogP contribution is 2.41. The molecular weight excluding hydrogens is 1820 g/mol. The van der Waals surface area contributed by atoms with Gasteiger partial charge in [-0.25, -0.2) is 47.9 Å². The first-order chi connectivity index (χ1) is 68.9. The predicted molar refractivity (Wildman–Crippen MR) is 538 cm³/mol. The summed E-state index contributed by atoms with van der Waals surface area (Å²) in [5.41, 5.74) is 1.86. The van der Waals surface area contributed by atoms with Crippen LogP contribution in [0.2, 0.25) is 0 Å². The summed E-state index contributed by atoms with van der Waals surface area (Å²) < 4.78 is 105. The molecule has 0 bridgehead atoms. The third-order valence-electron chi connectivity index (χ3n) is 21.8. The van der Waals surface area contributed by atoms with Crippen molar-refractivity contribution in [2.24, 2.45) is 0 Å². The van der Waals surface area contributed by atoms with Crippen molar-refractivity contribution >= 4 is 59.7 Å². The summed E-state index contributed by atoms with van der Waals surface area (Å²) >= 11 is 0. The smallest absolute Gasteiger partial charge is 0.347 e. The Morgan fingerprint density at radius 2 is 0.423 bits per heavy atom. The fraction of sp³-hybridized carbons (Fsp3) is 0.386. The normalized spacial score (nSPS) is 10.7. The second-order valence-corrected chi connectivity index (χ2v) is 33.8. The second-order valence-electron chi connectivity index (χ2n) is 33.8. The summed E-state index contributed by atoms with van der Waals surface area (Å²) in [6, 6.07) is 42.6. The van der Waals surface area contributed by atoms with Gasteiger partial charge in [0.1, 0.15) is 57.1 Å². The van der Waals surface area contributed by atoms with Gasteiger partial charge in [0.05, 0.1) is 114 Å². The zero-order valence-electron chi connectivity index (χ0n) is 82.3. The van der Waals surface area contributed by atoms with E-state index in [-0.39, 0.29) is 106 Å². The Morgan fingerprint density at radius 3 is 0.676 bits per heavy atom. The number of esters is 10. The van der Waals surface area contributed by atoms with Gasteiger partial charge in [-0.3, -0.25) is 0 Å². The van der Waals surface area contributed by atoms with Gasteiger partial charge in [0.25, 0.3) is 0 Å². The van der Waals surface area contributed by atoms with Gasteiger partial charge in [-0.1, -0.05) is 103 Å². The molecule has 0 spiro atoms. The molecular formula is C114H134O28. The lowest BCUT2D eigenvalue weighted by Gasteiger charge is -2.17. The lowest BCUT2D eigenvalue weighted by molar-refractivity contribution is -0.139. The molecule has 0 unspecified atom stereocenters. The zero-order valence-corrected chi connectivity index (χ0v) is 82.3. The molecule has 0 aliphatic heterocycles. The summed E-state index contributed by atoms with van der Waals surface area (Å²) in [7, 11) is 0. The van der Waals surface area contributed by atoms with Crippen LogP contribution in [-0.2, 0) is 47.6 Å². The quantitative estimate of drug-likeness (QED) is 0.00853. The SMILES string of the molecule is C=COCCCCCCCCOc1ccc(-c2ccc(OCCCCCCCCOC=C)c(OC(=O)c3cc(OC(=O)c4ccc(OCCCCCCOC(=O)C(=C)C)cc4)ccc3OC(=O)c3ccc(OCCCCCCOC(=O)C(=C)C)cc3)c2)cc1OC(=O)c1cc(OC(=O)c2ccc(OCCCCCCOC(=O)C(=C)C)cc2)ccc1OC(=O)c1ccc(OCCCCCCOC(=O)C(=C)C)cc1. The van der Waals surface area contributed by atoms with E-state index in [1.54, 1.807) is 113 Å². The van der Waals surface area contributed by atoms with E-state index in [2.05, 4.69) is 39.5 Å². The molecule has 8 rings (SSSR count). The van der Waals surface area contributed by atoms with Gasteiger partial charge in [-0.15, -0.1) is 0 Å². The molecule has 0 N–H and O–H groups in total. The van der Waals surface area contributed by atoms with Gasteiger partial charge in [-0.05, 0) is 325 Å². The zero-order chi connectivity index (χ0) is 102. The van der Waals surface area contributed by atoms with E-state index >= 15 is 9.59 Å². The maximum Gasteiger partial charge on any atom is 0.347 e. The van der Waals surface area contributed by atoms with Gasteiger partial charge in [0.15, 0.2) is 23.0 Å². The second kappa shape index (κ2) is 64.5. The van der Waals surface area contributed by atoms with Gasteiger partial charge in [0, 0.05) is 22.3 Å². The number of hydrogen-bond donors (Lipinski definition) is 0. The number of rotatable bonds is 71. The first kappa shape index (κ1) is 113. The summed E-state index contributed by atoms with van der Waals surface area (Å²) in [5.74, 6) is -6.07. The van der Waals surface area contributed by atoms with E-state index in [4.69, 9.17) is 85.3 Å². The summed E-state index contributed by atoms with van der Waals surface area (Å²) in [5, 5.41) is 0. The first-order valence-electron chi connectivity index (χ1n) is 48.7. The van der Waals surface area contributed by atoms with Crippen LogP contribution in [0, 0.1) is 0 Å². The third kappa shape index (κ3) is 42.6. The highest BCUT2D eigenvalue weighted by molar-refractivity contribution is 6.00. The number of carbonyl (C=O) groups excluding carboxylic acids is 10. The maximum absolute atomic E-state index is 15.4. The Morgan fingerprint density at radius 1 is 0.211 bits per heavy atom. The molecule has 0 atom stereocenters. The minimum atomic E-state index is -1.08. The molecule has 0 aliphatic carbocycles. The number of hydrogen-bond acceptors (Lipinski definition) is 28. The van der Waals surface area contributed by atoms with E-state index in [9.17, 15) is 38.4 Å². The van der Waals surface area contributed by atoms with Crippen LogP contribution in [0.15, 0.2) is 244 Å². The monoisotopic (exact) mass is 1950 g/mol. The van der Waals surface area contributed by atoms with E-state index < -0.39 is 59.7 Å². The van der Waals surface area contributed by atoms with Crippen molar-refractivity contribution in [2.45, 2.75) is 207 Å². The van der Waals surface area contributed by atoms with E-state index in [0.29, 0.717) is 161 Å². The van der Waals surface area contributed by atoms with Crippen LogP contribution in [0.3, 0.4) is 0 Å². The van der Waals surface area contributed by atoms with Crippen LogP contribution in [0.1, 0.15) is 270 Å². The van der Waals surface area contributed by atoms with Crippen molar-refractivity contribution in [1.82, 2.24) is 0 Å². The van der Waals surface area contributed by atoms with Crippen LogP contribution < -0.4 is 56.8 Å². The molecule has 0 radical (unpaired) electrons. The molecule has 0 saturated carbocycles. The van der Waals surface area contributed by atoms with E-state index in [1.807, 2.05) is 0 Å². The largest absolute Gasteiger partial charge is 0.502 e. The Labute approximate surface area is 832 Å². The topological polar surface area (TPSA) is 337 Å². The van der Waals surface area contributed by atoms with Gasteiger partial charge in [-0.2, -0.15) is 0 Å². The Hall–Kier alpha value is -14.7. The average Bonchev–Trinajstić information content (AvgIpc) is 0.797. The highest BCUT2D eigenvalue weighted by atomic mass is 16.6. The third-order valence-corrected chi connectivity index (χ3v) is 21.8. The molecule has 758 valence electrons. The number of carbonyl (C=O) groups is 10. The van der Waals surface area contributed by atoms with Crippen molar-refractivity contribution in [2.75, 3.05) is 79.3 Å². The summed E-state index contributed by atoms with van der Waals surface area (Å²) in [6.45, 7) is 32.3. The van der Waals surface area contributed by atoms with Crippen LogP contribution >= 0.6 is 0 Å². The number of benzene rings is 8. The molecule has 28 nitrogen and oxygen atoms in total. The molecule has 0 fully saturated rings. The molecule has 8 aromatic carbocycles. The molecule has 142 heavy (non-hydrogen) atoms. The Bertz CT molecular complexity index is 5100. The minimum absolute atomic E-state index is 0.0894. The molecule has 0 aromatic heterocycles. The average molecular weight is 1950 g/mol. The standard InChI is InChI=1S/C114H134O28/c1-11-125-65-29-17-13-15-19-35-71-131-101-61-49-89(77-103(101)141-113(123)97-79-95(137-109(119)85-41-51-91(52-42-85)127-67-31-21-25-37-73-133-105(115)81(3)4)59-63-99(97)139-111(121)87-45-55-93(56-46-87)129-69-33-23-27-39-75-135-107(117)83(7)8)90-50-62-102(132-72-36-20-16-14-18-30-66-126-12-2)104(78-90)142-114(124)98-80-96(138-110(120)86-43-53-92(54-44-86)128-68-32-22-26-38-74-134-106(116)82(5)6)60-64-100(98)140-112(122)88-47-57-94(58-48-88)130-70-34-24-28-40-76-136-108(118)84(9)10/h11-12,41-64,77-80H,1-3,5,7,9,13-40,65-76H2,4,6,8,10H3. The number of ether oxygens (including phenoxy) is 18. The Kier molecular flexibility index (Phi) is 51.2. The van der Waals surface area contributed by atoms with Gasteiger partial charge in [0.2, 0.25) is 0 Å². The lowest BCUT2D eigenvalue weighted by atomic mass is 10.0. The number of unbranched alkanes of at least 4 members (excludes halogenated alkanes) is 22. The van der Waals surface area contributed by atoms with E-state index in [1.165, 1.54) is 97.5 Å². The van der Waals surface area contributed by atoms with Crippen LogP contribution in [0.5, 0.6) is 69.0 Å². The van der Waals surface area contributed by atoms with Crippen molar-refractivity contribution in [3.05, 3.63) is 278 Å². The summed E-state index contributed by atoms with van der Waals surface area (Å²) in [6.07, 6.45) is 25.1. The molecule has 0 saturated heterocycles. The fourth-order valence-electron chi connectivity index (χ4n) is 13.8. The predicted octanol–water partition coefficient (Wildman–Crippen LogP) is 24.7. The van der Waals surface area contributed by atoms with Gasteiger partial charge < -0.3 is 85.3 Å². The molecule has 0 aliphatic rings. The van der Waals surface area contributed by atoms with Crippen molar-refractivity contribution < 1.29 is 133 Å².